The Morgan fingerprint density at radius 1 is 0.682 bits per heavy atom. The predicted molar refractivity (Wildman–Crippen MR) is 93.3 cm³/mol. The van der Waals surface area contributed by atoms with Gasteiger partial charge in [-0.2, -0.15) is 0 Å². The van der Waals surface area contributed by atoms with Crippen LogP contribution in [0.3, 0.4) is 0 Å². The van der Waals surface area contributed by atoms with Crippen LogP contribution in [-0.2, 0) is 0 Å². The molecular formula is C20H22O2. The van der Waals surface area contributed by atoms with Crippen molar-refractivity contribution in [2.75, 3.05) is 13.2 Å². The van der Waals surface area contributed by atoms with E-state index in [1.807, 2.05) is 62.4 Å². The Balaban J connectivity index is 1.77. The normalized spacial score (nSPS) is 10.1. The van der Waals surface area contributed by atoms with Crippen LogP contribution in [0.4, 0.5) is 0 Å². The molecule has 0 aliphatic carbocycles. The van der Waals surface area contributed by atoms with Gasteiger partial charge in [0.05, 0.1) is 0 Å². The Labute approximate surface area is 132 Å². The number of allylic oxidation sites excluding steroid dienone is 2. The zero-order valence-corrected chi connectivity index (χ0v) is 13.3. The quantitative estimate of drug-likeness (QED) is 0.653. The van der Waals surface area contributed by atoms with Crippen molar-refractivity contribution in [3.8, 4) is 11.5 Å². The first kappa shape index (κ1) is 15.9. The maximum absolute atomic E-state index is 5.66. The summed E-state index contributed by atoms with van der Waals surface area (Å²) in [4.78, 5) is 0. The van der Waals surface area contributed by atoms with Gasteiger partial charge >= 0.3 is 0 Å². The first-order valence-electron chi connectivity index (χ1n) is 7.34. The third kappa shape index (κ3) is 4.52. The van der Waals surface area contributed by atoms with Gasteiger partial charge in [-0.25, -0.2) is 0 Å². The Kier molecular flexibility index (Phi) is 5.42. The highest BCUT2D eigenvalue weighted by atomic mass is 16.5. The van der Waals surface area contributed by atoms with Crippen LogP contribution in [-0.4, -0.2) is 13.2 Å². The lowest BCUT2D eigenvalue weighted by Gasteiger charge is -2.09. The largest absolute Gasteiger partial charge is 0.490 e. The highest BCUT2D eigenvalue weighted by Gasteiger charge is 1.98. The standard InChI is InChI=1S/C20H22O2/c1-15(2)17-5-9-19(10-6-17)21-13-14-22-20-11-7-18(8-12-20)16(3)4/h5-12H,1,3,13-14H2,2,4H3. The molecule has 2 aromatic carbocycles. The second-order valence-corrected chi connectivity index (χ2v) is 5.31. The van der Waals surface area contributed by atoms with E-state index in [0.29, 0.717) is 13.2 Å². The summed E-state index contributed by atoms with van der Waals surface area (Å²) in [6, 6.07) is 15.8. The molecule has 2 nitrogen and oxygen atoms in total. The monoisotopic (exact) mass is 294 g/mol. The zero-order valence-electron chi connectivity index (χ0n) is 13.3. The molecule has 0 amide bonds. The van der Waals surface area contributed by atoms with Crippen LogP contribution in [0.1, 0.15) is 25.0 Å². The van der Waals surface area contributed by atoms with Crippen molar-refractivity contribution in [2.24, 2.45) is 0 Å². The summed E-state index contributed by atoms with van der Waals surface area (Å²) in [6.45, 7) is 12.8. The van der Waals surface area contributed by atoms with Gasteiger partial charge in [-0.15, -0.1) is 0 Å². The van der Waals surface area contributed by atoms with Gasteiger partial charge < -0.3 is 9.47 Å². The molecule has 0 bridgehead atoms. The fourth-order valence-corrected chi connectivity index (χ4v) is 1.99. The van der Waals surface area contributed by atoms with Gasteiger partial charge in [0.2, 0.25) is 0 Å². The van der Waals surface area contributed by atoms with Crippen LogP contribution in [0.25, 0.3) is 11.1 Å². The van der Waals surface area contributed by atoms with Crippen LogP contribution in [0, 0.1) is 0 Å². The molecule has 0 atom stereocenters. The van der Waals surface area contributed by atoms with Gasteiger partial charge in [0.15, 0.2) is 0 Å². The van der Waals surface area contributed by atoms with Crippen LogP contribution in [0.5, 0.6) is 11.5 Å². The number of rotatable bonds is 7. The van der Waals surface area contributed by atoms with Crippen LogP contribution >= 0.6 is 0 Å². The topological polar surface area (TPSA) is 18.5 Å². The summed E-state index contributed by atoms with van der Waals surface area (Å²) in [5.74, 6) is 1.68. The van der Waals surface area contributed by atoms with E-state index in [-0.39, 0.29) is 0 Å². The number of hydrogen-bond donors (Lipinski definition) is 0. The minimum atomic E-state index is 0.509. The van der Waals surface area contributed by atoms with Crippen LogP contribution in [0.2, 0.25) is 0 Å². The highest BCUT2D eigenvalue weighted by Crippen LogP contribution is 2.18. The van der Waals surface area contributed by atoms with Crippen molar-refractivity contribution < 1.29 is 9.47 Å². The molecule has 0 saturated heterocycles. The van der Waals surface area contributed by atoms with Gasteiger partial charge in [-0.1, -0.05) is 48.6 Å². The molecule has 2 rings (SSSR count). The molecule has 2 heteroatoms. The van der Waals surface area contributed by atoms with E-state index in [0.717, 1.165) is 33.8 Å². The summed E-state index contributed by atoms with van der Waals surface area (Å²) in [5.41, 5.74) is 4.35. The summed E-state index contributed by atoms with van der Waals surface area (Å²) >= 11 is 0. The van der Waals surface area contributed by atoms with Gasteiger partial charge in [-0.05, 0) is 49.2 Å². The minimum Gasteiger partial charge on any atom is -0.490 e. The van der Waals surface area contributed by atoms with Gasteiger partial charge in [0.25, 0.3) is 0 Å². The van der Waals surface area contributed by atoms with E-state index in [9.17, 15) is 0 Å². The van der Waals surface area contributed by atoms with E-state index in [1.165, 1.54) is 0 Å². The van der Waals surface area contributed by atoms with Crippen molar-refractivity contribution in [1.29, 1.82) is 0 Å². The molecule has 0 aliphatic rings. The highest BCUT2D eigenvalue weighted by molar-refractivity contribution is 5.62. The zero-order chi connectivity index (χ0) is 15.9. The van der Waals surface area contributed by atoms with E-state index in [4.69, 9.17) is 9.47 Å². The first-order chi connectivity index (χ1) is 10.6. The maximum Gasteiger partial charge on any atom is 0.122 e. The molecule has 0 fully saturated rings. The molecule has 2 aromatic rings. The van der Waals surface area contributed by atoms with E-state index in [1.54, 1.807) is 0 Å². The Hall–Kier alpha value is -2.48. The van der Waals surface area contributed by atoms with Crippen LogP contribution in [0.15, 0.2) is 61.7 Å². The summed E-state index contributed by atoms with van der Waals surface area (Å²) < 4.78 is 11.3. The summed E-state index contributed by atoms with van der Waals surface area (Å²) in [7, 11) is 0. The lowest BCUT2D eigenvalue weighted by Crippen LogP contribution is -2.08. The van der Waals surface area contributed by atoms with Crippen molar-refractivity contribution in [3.05, 3.63) is 72.8 Å². The maximum atomic E-state index is 5.66. The lowest BCUT2D eigenvalue weighted by atomic mass is 10.1. The SMILES string of the molecule is C=C(C)c1ccc(OCCOc2ccc(C(=C)C)cc2)cc1. The third-order valence-electron chi connectivity index (χ3n) is 3.32. The predicted octanol–water partition coefficient (Wildman–Crippen LogP) is 5.21. The molecule has 0 spiro atoms. The lowest BCUT2D eigenvalue weighted by molar-refractivity contribution is 0.217. The first-order valence-corrected chi connectivity index (χ1v) is 7.34. The molecule has 0 unspecified atom stereocenters. The molecular weight excluding hydrogens is 272 g/mol. The van der Waals surface area contributed by atoms with Crippen molar-refractivity contribution in [2.45, 2.75) is 13.8 Å². The van der Waals surface area contributed by atoms with Crippen molar-refractivity contribution in [1.82, 2.24) is 0 Å². The molecule has 22 heavy (non-hydrogen) atoms. The van der Waals surface area contributed by atoms with Gasteiger partial charge in [-0.3, -0.25) is 0 Å². The molecule has 0 N–H and O–H groups in total. The summed E-state index contributed by atoms with van der Waals surface area (Å²) in [6.07, 6.45) is 0. The van der Waals surface area contributed by atoms with Crippen LogP contribution < -0.4 is 9.47 Å². The molecule has 0 saturated carbocycles. The average molecular weight is 294 g/mol. The Morgan fingerprint density at radius 2 is 1.00 bits per heavy atom. The number of benzene rings is 2. The molecule has 0 aromatic heterocycles. The fraction of sp³-hybridized carbons (Fsp3) is 0.200. The smallest absolute Gasteiger partial charge is 0.122 e. The average Bonchev–Trinajstić information content (AvgIpc) is 2.52. The third-order valence-corrected chi connectivity index (χ3v) is 3.32. The fourth-order valence-electron chi connectivity index (χ4n) is 1.99. The molecule has 0 radical (unpaired) electrons. The number of hydrogen-bond acceptors (Lipinski definition) is 2. The second-order valence-electron chi connectivity index (χ2n) is 5.31. The molecule has 0 heterocycles. The second kappa shape index (κ2) is 7.51. The number of ether oxygens (including phenoxy) is 2. The summed E-state index contributed by atoms with van der Waals surface area (Å²) in [5, 5.41) is 0. The Bertz CT molecular complexity index is 577. The Morgan fingerprint density at radius 3 is 1.27 bits per heavy atom. The van der Waals surface area contributed by atoms with Crippen molar-refractivity contribution >= 4 is 11.1 Å². The molecule has 0 aliphatic heterocycles. The van der Waals surface area contributed by atoms with E-state index < -0.39 is 0 Å². The van der Waals surface area contributed by atoms with Crippen molar-refractivity contribution in [3.63, 3.8) is 0 Å². The molecule has 114 valence electrons. The van der Waals surface area contributed by atoms with E-state index in [2.05, 4.69) is 13.2 Å². The van der Waals surface area contributed by atoms with E-state index >= 15 is 0 Å². The minimum absolute atomic E-state index is 0.509. The van der Waals surface area contributed by atoms with Gasteiger partial charge in [0.1, 0.15) is 24.7 Å². The van der Waals surface area contributed by atoms with Gasteiger partial charge in [0, 0.05) is 0 Å².